The summed E-state index contributed by atoms with van der Waals surface area (Å²) in [7, 11) is 0. The number of nitrogens with zero attached hydrogens (tertiary/aromatic N) is 3. The van der Waals surface area contributed by atoms with Gasteiger partial charge in [-0.3, -0.25) is 14.5 Å². The minimum atomic E-state index is -4.33. The number of halogens is 3. The Labute approximate surface area is 179 Å². The number of rotatable bonds is 5. The summed E-state index contributed by atoms with van der Waals surface area (Å²) in [6.45, 7) is 6.86. The van der Waals surface area contributed by atoms with Gasteiger partial charge in [0.2, 0.25) is 11.8 Å². The maximum Gasteiger partial charge on any atom is 0.416 e. The second-order valence-electron chi connectivity index (χ2n) is 7.93. The number of benzene rings is 1. The van der Waals surface area contributed by atoms with Crippen molar-refractivity contribution in [3.63, 3.8) is 0 Å². The maximum atomic E-state index is 13.0. The van der Waals surface area contributed by atoms with Gasteiger partial charge < -0.3 is 9.80 Å². The summed E-state index contributed by atoms with van der Waals surface area (Å²) in [6.07, 6.45) is -3.57. The molecule has 0 N–H and O–H groups in total. The Balaban J connectivity index is 1.52. The van der Waals surface area contributed by atoms with Crippen LogP contribution in [0.25, 0.3) is 0 Å². The second kappa shape index (κ2) is 9.60. The molecule has 1 aromatic carbocycles. The van der Waals surface area contributed by atoms with Crippen molar-refractivity contribution in [3.05, 3.63) is 35.4 Å². The molecule has 0 spiro atoms. The molecule has 2 aliphatic heterocycles. The van der Waals surface area contributed by atoms with E-state index in [4.69, 9.17) is 0 Å². The van der Waals surface area contributed by atoms with Crippen LogP contribution in [-0.2, 0) is 22.3 Å². The molecule has 2 heterocycles. The van der Waals surface area contributed by atoms with E-state index in [1.807, 2.05) is 18.7 Å². The summed E-state index contributed by atoms with van der Waals surface area (Å²) in [5, 5.41) is 0. The van der Waals surface area contributed by atoms with Crippen LogP contribution in [0.2, 0.25) is 0 Å². The standard InChI is InChI=1S/C21H28F3N3O2S/c1-3-15(2)19(28)27-14-30-13-18(27)20(29)26-10-8-25(9-11-26)12-16-4-6-17(7-5-16)21(22,23)24/h4-7,15,18H,3,8-14H2,1-2H3/t15-,18-/m1/s1. The Morgan fingerprint density at radius 3 is 2.33 bits per heavy atom. The zero-order valence-electron chi connectivity index (χ0n) is 17.3. The van der Waals surface area contributed by atoms with Crippen LogP contribution in [-0.4, -0.2) is 70.4 Å². The molecule has 0 unspecified atom stereocenters. The lowest BCUT2D eigenvalue weighted by atomic mass is 10.1. The maximum absolute atomic E-state index is 13.0. The molecule has 5 nitrogen and oxygen atoms in total. The normalized spacial score (nSPS) is 21.7. The van der Waals surface area contributed by atoms with Gasteiger partial charge in [-0.1, -0.05) is 26.0 Å². The first-order valence-electron chi connectivity index (χ1n) is 10.3. The molecule has 2 fully saturated rings. The molecular formula is C21H28F3N3O2S. The van der Waals surface area contributed by atoms with Gasteiger partial charge in [-0.25, -0.2) is 0 Å². The van der Waals surface area contributed by atoms with Crippen molar-refractivity contribution in [3.8, 4) is 0 Å². The summed E-state index contributed by atoms with van der Waals surface area (Å²) in [5.74, 6) is 1.16. The number of hydrogen-bond acceptors (Lipinski definition) is 4. The average Bonchev–Trinajstić information content (AvgIpc) is 3.22. The van der Waals surface area contributed by atoms with Crippen LogP contribution in [0.1, 0.15) is 31.4 Å². The topological polar surface area (TPSA) is 43.9 Å². The molecule has 2 aliphatic rings. The summed E-state index contributed by atoms with van der Waals surface area (Å²) >= 11 is 1.61. The van der Waals surface area contributed by atoms with Gasteiger partial charge in [-0.15, -0.1) is 11.8 Å². The van der Waals surface area contributed by atoms with Gasteiger partial charge in [-0.05, 0) is 24.1 Å². The van der Waals surface area contributed by atoms with Gasteiger partial charge in [0.1, 0.15) is 6.04 Å². The minimum absolute atomic E-state index is 0.00540. The van der Waals surface area contributed by atoms with Crippen molar-refractivity contribution >= 4 is 23.6 Å². The number of amides is 2. The molecular weight excluding hydrogens is 415 g/mol. The third kappa shape index (κ3) is 5.29. The van der Waals surface area contributed by atoms with E-state index in [0.29, 0.717) is 44.4 Å². The van der Waals surface area contributed by atoms with Crippen LogP contribution >= 0.6 is 11.8 Å². The first-order chi connectivity index (χ1) is 14.2. The van der Waals surface area contributed by atoms with Crippen molar-refractivity contribution in [1.82, 2.24) is 14.7 Å². The summed E-state index contributed by atoms with van der Waals surface area (Å²) < 4.78 is 38.1. The van der Waals surface area contributed by atoms with Gasteiger partial charge in [0, 0.05) is 44.4 Å². The number of hydrogen-bond donors (Lipinski definition) is 0. The van der Waals surface area contributed by atoms with E-state index >= 15 is 0 Å². The molecule has 30 heavy (non-hydrogen) atoms. The Kier molecular flexibility index (Phi) is 7.34. The van der Waals surface area contributed by atoms with E-state index in [1.165, 1.54) is 12.1 Å². The lowest BCUT2D eigenvalue weighted by Gasteiger charge is -2.37. The number of piperazine rings is 1. The third-order valence-electron chi connectivity index (χ3n) is 5.86. The van der Waals surface area contributed by atoms with E-state index in [0.717, 1.165) is 24.1 Å². The van der Waals surface area contributed by atoms with Crippen LogP contribution < -0.4 is 0 Å². The quantitative estimate of drug-likeness (QED) is 0.701. The van der Waals surface area contributed by atoms with E-state index < -0.39 is 17.8 Å². The van der Waals surface area contributed by atoms with Gasteiger partial charge in [0.05, 0.1) is 11.4 Å². The molecule has 0 aliphatic carbocycles. The lowest BCUT2D eigenvalue weighted by Crippen LogP contribution is -2.55. The van der Waals surface area contributed by atoms with E-state index in [2.05, 4.69) is 4.90 Å². The molecule has 0 radical (unpaired) electrons. The zero-order valence-corrected chi connectivity index (χ0v) is 18.1. The van der Waals surface area contributed by atoms with Crippen LogP contribution in [0.3, 0.4) is 0 Å². The second-order valence-corrected chi connectivity index (χ2v) is 8.93. The third-order valence-corrected chi connectivity index (χ3v) is 6.87. The molecule has 2 saturated heterocycles. The SMILES string of the molecule is CC[C@@H](C)C(=O)N1CSC[C@@H]1C(=O)N1CCN(Cc2ccc(C(F)(F)F)cc2)CC1. The number of carbonyl (C=O) groups is 2. The fourth-order valence-corrected chi connectivity index (χ4v) is 4.87. The fourth-order valence-electron chi connectivity index (χ4n) is 3.72. The largest absolute Gasteiger partial charge is 0.416 e. The van der Waals surface area contributed by atoms with Crippen molar-refractivity contribution in [2.24, 2.45) is 5.92 Å². The van der Waals surface area contributed by atoms with Crippen LogP contribution in [0.5, 0.6) is 0 Å². The first-order valence-corrected chi connectivity index (χ1v) is 11.4. The molecule has 1 aromatic rings. The van der Waals surface area contributed by atoms with Crippen molar-refractivity contribution in [2.75, 3.05) is 37.8 Å². The molecule has 0 bridgehead atoms. The summed E-state index contributed by atoms with van der Waals surface area (Å²) in [4.78, 5) is 31.3. The highest BCUT2D eigenvalue weighted by Gasteiger charge is 2.38. The molecule has 3 rings (SSSR count). The Morgan fingerprint density at radius 2 is 1.77 bits per heavy atom. The van der Waals surface area contributed by atoms with Crippen molar-refractivity contribution in [1.29, 1.82) is 0 Å². The fraction of sp³-hybridized carbons (Fsp3) is 0.619. The monoisotopic (exact) mass is 443 g/mol. The Morgan fingerprint density at radius 1 is 1.13 bits per heavy atom. The number of carbonyl (C=O) groups excluding carboxylic acids is 2. The van der Waals surface area contributed by atoms with Crippen molar-refractivity contribution < 1.29 is 22.8 Å². The number of alkyl halides is 3. The van der Waals surface area contributed by atoms with E-state index in [-0.39, 0.29) is 17.7 Å². The van der Waals surface area contributed by atoms with Gasteiger partial charge in [-0.2, -0.15) is 13.2 Å². The molecule has 2 atom stereocenters. The highest BCUT2D eigenvalue weighted by atomic mass is 32.2. The van der Waals surface area contributed by atoms with Crippen LogP contribution in [0.15, 0.2) is 24.3 Å². The lowest BCUT2D eigenvalue weighted by molar-refractivity contribution is -0.146. The minimum Gasteiger partial charge on any atom is -0.338 e. The molecule has 0 saturated carbocycles. The van der Waals surface area contributed by atoms with E-state index in [1.54, 1.807) is 16.7 Å². The summed E-state index contributed by atoms with van der Waals surface area (Å²) in [6, 6.07) is 4.84. The van der Waals surface area contributed by atoms with Crippen LogP contribution in [0, 0.1) is 5.92 Å². The number of thioether (sulfide) groups is 1. The highest BCUT2D eigenvalue weighted by Crippen LogP contribution is 2.29. The van der Waals surface area contributed by atoms with Gasteiger partial charge >= 0.3 is 6.18 Å². The predicted molar refractivity (Wildman–Crippen MR) is 111 cm³/mol. The first kappa shape index (κ1) is 22.9. The molecule has 0 aromatic heterocycles. The van der Waals surface area contributed by atoms with Gasteiger partial charge in [0.25, 0.3) is 0 Å². The zero-order chi connectivity index (χ0) is 21.9. The Hall–Kier alpha value is -1.74. The average molecular weight is 444 g/mol. The molecule has 9 heteroatoms. The molecule has 166 valence electrons. The molecule has 2 amide bonds. The smallest absolute Gasteiger partial charge is 0.338 e. The summed E-state index contributed by atoms with van der Waals surface area (Å²) in [5.41, 5.74) is 0.174. The van der Waals surface area contributed by atoms with E-state index in [9.17, 15) is 22.8 Å². The van der Waals surface area contributed by atoms with Gasteiger partial charge in [0.15, 0.2) is 0 Å². The highest BCUT2D eigenvalue weighted by molar-refractivity contribution is 7.99. The van der Waals surface area contributed by atoms with Crippen LogP contribution in [0.4, 0.5) is 13.2 Å². The Bertz CT molecular complexity index is 749. The predicted octanol–water partition coefficient (Wildman–Crippen LogP) is 3.30. The van der Waals surface area contributed by atoms with Crippen molar-refractivity contribution in [2.45, 2.75) is 39.0 Å².